The van der Waals surface area contributed by atoms with Crippen LogP contribution in [0.1, 0.15) is 37.9 Å². The molecule has 0 saturated heterocycles. The van der Waals surface area contributed by atoms with Gasteiger partial charge in [-0.3, -0.25) is 0 Å². The normalized spacial score (nSPS) is 11.8. The van der Waals surface area contributed by atoms with Gasteiger partial charge in [0.2, 0.25) is 0 Å². The summed E-state index contributed by atoms with van der Waals surface area (Å²) < 4.78 is 6.11. The Labute approximate surface area is 127 Å². The molecule has 0 aromatic carbocycles. The maximum Gasteiger partial charge on any atom is 0.167 e. The third-order valence-corrected chi connectivity index (χ3v) is 3.81. The van der Waals surface area contributed by atoms with Crippen LogP contribution in [0.3, 0.4) is 0 Å². The zero-order chi connectivity index (χ0) is 15.1. The quantitative estimate of drug-likeness (QED) is 0.900. The van der Waals surface area contributed by atoms with Crippen LogP contribution >= 0.6 is 15.9 Å². The Hall–Kier alpha value is -1.43. The summed E-state index contributed by atoms with van der Waals surface area (Å²) in [7, 11) is 1.84. The molecule has 1 N–H and O–H groups in total. The van der Waals surface area contributed by atoms with Gasteiger partial charge < -0.3 is 9.84 Å². The number of hydrogen-bond acceptors (Lipinski definition) is 5. The zero-order valence-electron chi connectivity index (χ0n) is 12.6. The van der Waals surface area contributed by atoms with E-state index in [2.05, 4.69) is 52.2 Å². The number of hydrogen-bond donors (Lipinski definition) is 1. The van der Waals surface area contributed by atoms with Gasteiger partial charge in [0, 0.05) is 12.5 Å². The molecule has 2 aromatic rings. The lowest BCUT2D eigenvalue weighted by molar-refractivity contribution is 0.393. The van der Waals surface area contributed by atoms with E-state index >= 15 is 0 Å². The third-order valence-electron chi connectivity index (χ3n) is 3.06. The lowest BCUT2D eigenvalue weighted by Crippen LogP contribution is -2.17. The van der Waals surface area contributed by atoms with E-state index in [1.54, 1.807) is 0 Å². The molecule has 0 radical (unpaired) electrons. The van der Waals surface area contributed by atoms with Crippen molar-refractivity contribution in [3.63, 3.8) is 0 Å². The topological polar surface area (TPSA) is 63.8 Å². The molecule has 0 spiro atoms. The van der Waals surface area contributed by atoms with E-state index in [9.17, 15) is 0 Å². The molecule has 0 amide bonds. The molecule has 0 atom stereocenters. The van der Waals surface area contributed by atoms with Crippen LogP contribution in [0.25, 0.3) is 11.4 Å². The Kier molecular flexibility index (Phi) is 3.86. The van der Waals surface area contributed by atoms with Crippen molar-refractivity contribution in [2.75, 3.05) is 12.4 Å². The first-order valence-corrected chi connectivity index (χ1v) is 7.24. The van der Waals surface area contributed by atoms with Gasteiger partial charge in [0.25, 0.3) is 0 Å². The van der Waals surface area contributed by atoms with Crippen molar-refractivity contribution >= 4 is 21.7 Å². The van der Waals surface area contributed by atoms with Crippen LogP contribution in [0.2, 0.25) is 0 Å². The lowest BCUT2D eigenvalue weighted by atomic mass is 9.91. The maximum absolute atomic E-state index is 5.22. The van der Waals surface area contributed by atoms with Crippen molar-refractivity contribution in [1.29, 1.82) is 0 Å². The Bertz CT molecular complexity index is 624. The largest absolute Gasteiger partial charge is 0.372 e. The summed E-state index contributed by atoms with van der Waals surface area (Å²) in [6.45, 7) is 10.1. The first-order chi connectivity index (χ1) is 9.25. The molecule has 5 nitrogen and oxygen atoms in total. The summed E-state index contributed by atoms with van der Waals surface area (Å²) >= 11 is 3.59. The summed E-state index contributed by atoms with van der Waals surface area (Å²) in [4.78, 5) is 9.28. The standard InChI is InChI=1S/C14H19BrN4O/c1-7-9(8(2)20-19-7)12-17-11(14(3,4)5)10(15)13(16-6)18-12/h1-6H3,(H,16,17,18). The molecular weight excluding hydrogens is 320 g/mol. The van der Waals surface area contributed by atoms with E-state index in [-0.39, 0.29) is 5.41 Å². The van der Waals surface area contributed by atoms with Crippen molar-refractivity contribution in [1.82, 2.24) is 15.1 Å². The molecule has 2 aromatic heterocycles. The van der Waals surface area contributed by atoms with Gasteiger partial charge in [-0.05, 0) is 29.8 Å². The molecule has 0 saturated carbocycles. The summed E-state index contributed by atoms with van der Waals surface area (Å²) in [5.41, 5.74) is 2.51. The first-order valence-electron chi connectivity index (χ1n) is 6.44. The highest BCUT2D eigenvalue weighted by atomic mass is 79.9. The second kappa shape index (κ2) is 5.16. The number of nitrogens with zero attached hydrogens (tertiary/aromatic N) is 3. The second-order valence-electron chi connectivity index (χ2n) is 5.76. The van der Waals surface area contributed by atoms with Crippen LogP contribution in [-0.4, -0.2) is 22.2 Å². The Balaban J connectivity index is 2.73. The van der Waals surface area contributed by atoms with Crippen LogP contribution in [0.4, 0.5) is 5.82 Å². The van der Waals surface area contributed by atoms with E-state index in [1.165, 1.54) is 0 Å². The van der Waals surface area contributed by atoms with Crippen molar-refractivity contribution in [3.8, 4) is 11.4 Å². The minimum Gasteiger partial charge on any atom is -0.372 e. The smallest absolute Gasteiger partial charge is 0.167 e. The Morgan fingerprint density at radius 3 is 2.25 bits per heavy atom. The van der Waals surface area contributed by atoms with Crippen molar-refractivity contribution in [2.45, 2.75) is 40.0 Å². The molecule has 0 aliphatic rings. The van der Waals surface area contributed by atoms with Gasteiger partial charge in [-0.1, -0.05) is 25.9 Å². The number of rotatable bonds is 2. The minimum atomic E-state index is -0.0961. The Morgan fingerprint density at radius 1 is 1.15 bits per heavy atom. The fourth-order valence-electron chi connectivity index (χ4n) is 2.02. The summed E-state index contributed by atoms with van der Waals surface area (Å²) in [5, 5.41) is 7.08. The van der Waals surface area contributed by atoms with Crippen molar-refractivity contribution < 1.29 is 4.52 Å². The van der Waals surface area contributed by atoms with E-state index in [4.69, 9.17) is 9.51 Å². The zero-order valence-corrected chi connectivity index (χ0v) is 14.2. The predicted octanol–water partition coefficient (Wildman–Crippen LogP) is 3.85. The maximum atomic E-state index is 5.22. The van der Waals surface area contributed by atoms with Crippen LogP contribution in [-0.2, 0) is 5.41 Å². The van der Waals surface area contributed by atoms with Crippen LogP contribution < -0.4 is 5.32 Å². The lowest BCUT2D eigenvalue weighted by Gasteiger charge is -2.21. The van der Waals surface area contributed by atoms with Gasteiger partial charge in [0.1, 0.15) is 11.6 Å². The van der Waals surface area contributed by atoms with Crippen LogP contribution in [0.5, 0.6) is 0 Å². The van der Waals surface area contributed by atoms with Crippen molar-refractivity contribution in [2.24, 2.45) is 0 Å². The van der Waals surface area contributed by atoms with Gasteiger partial charge in [-0.2, -0.15) is 0 Å². The second-order valence-corrected chi connectivity index (χ2v) is 6.55. The van der Waals surface area contributed by atoms with E-state index in [1.807, 2.05) is 20.9 Å². The molecule has 0 aliphatic heterocycles. The number of aryl methyl sites for hydroxylation is 2. The highest BCUT2D eigenvalue weighted by Gasteiger charge is 2.25. The fourth-order valence-corrected chi connectivity index (χ4v) is 2.99. The molecule has 108 valence electrons. The average Bonchev–Trinajstić information content (AvgIpc) is 2.68. The number of halogens is 1. The molecule has 0 aliphatic carbocycles. The Morgan fingerprint density at radius 2 is 1.80 bits per heavy atom. The van der Waals surface area contributed by atoms with Gasteiger partial charge in [-0.25, -0.2) is 9.97 Å². The summed E-state index contributed by atoms with van der Waals surface area (Å²) in [5.74, 6) is 2.13. The summed E-state index contributed by atoms with van der Waals surface area (Å²) in [6.07, 6.45) is 0. The van der Waals surface area contributed by atoms with Gasteiger partial charge in [0.15, 0.2) is 5.82 Å². The molecule has 6 heteroatoms. The molecule has 0 fully saturated rings. The minimum absolute atomic E-state index is 0.0961. The first kappa shape index (κ1) is 15.0. The van der Waals surface area contributed by atoms with Gasteiger partial charge in [-0.15, -0.1) is 0 Å². The van der Waals surface area contributed by atoms with Crippen LogP contribution in [0, 0.1) is 13.8 Å². The third kappa shape index (κ3) is 2.57. The average molecular weight is 339 g/mol. The number of aromatic nitrogens is 3. The highest BCUT2D eigenvalue weighted by Crippen LogP contribution is 2.35. The fraction of sp³-hybridized carbons (Fsp3) is 0.500. The SMILES string of the molecule is CNc1nc(-c2c(C)noc2C)nc(C(C)(C)C)c1Br. The van der Waals surface area contributed by atoms with Crippen molar-refractivity contribution in [3.05, 3.63) is 21.6 Å². The molecule has 0 unspecified atom stereocenters. The monoisotopic (exact) mass is 338 g/mol. The van der Waals surface area contributed by atoms with Gasteiger partial charge in [0.05, 0.1) is 21.4 Å². The van der Waals surface area contributed by atoms with Gasteiger partial charge >= 0.3 is 0 Å². The van der Waals surface area contributed by atoms with E-state index in [0.717, 1.165) is 33.0 Å². The van der Waals surface area contributed by atoms with E-state index in [0.29, 0.717) is 5.82 Å². The molecule has 2 rings (SSSR count). The number of nitrogens with one attached hydrogen (secondary N) is 1. The van der Waals surface area contributed by atoms with Crippen LogP contribution in [0.15, 0.2) is 9.00 Å². The van der Waals surface area contributed by atoms with E-state index < -0.39 is 0 Å². The molecular formula is C14H19BrN4O. The molecule has 0 bridgehead atoms. The molecule has 20 heavy (non-hydrogen) atoms. The number of anilines is 1. The highest BCUT2D eigenvalue weighted by molar-refractivity contribution is 9.10. The summed E-state index contributed by atoms with van der Waals surface area (Å²) in [6, 6.07) is 0. The molecule has 2 heterocycles. The predicted molar refractivity (Wildman–Crippen MR) is 82.9 cm³/mol.